The zero-order chi connectivity index (χ0) is 44.4. The van der Waals surface area contributed by atoms with E-state index in [1.54, 1.807) is 0 Å². The maximum Gasteiger partial charge on any atom is 0.168 e. The van der Waals surface area contributed by atoms with Gasteiger partial charge in [-0.15, -0.1) is 20.4 Å². The van der Waals surface area contributed by atoms with Gasteiger partial charge in [-0.3, -0.25) is 9.13 Å². The van der Waals surface area contributed by atoms with E-state index >= 15 is 0 Å². The zero-order valence-corrected chi connectivity index (χ0v) is 37.0. The number of hydrogen-bond acceptors (Lipinski definition) is 6. The Morgan fingerprint density at radius 2 is 1.05 bits per heavy atom. The van der Waals surface area contributed by atoms with Gasteiger partial charge in [0.15, 0.2) is 17.5 Å². The van der Waals surface area contributed by atoms with E-state index in [1.165, 1.54) is 11.1 Å². The Labute approximate surface area is 380 Å². The van der Waals surface area contributed by atoms with Crippen molar-refractivity contribution in [2.24, 2.45) is 5.92 Å². The van der Waals surface area contributed by atoms with Crippen molar-refractivity contribution in [2.45, 2.75) is 51.4 Å². The van der Waals surface area contributed by atoms with Crippen LogP contribution in [0.3, 0.4) is 0 Å². The predicted octanol–water partition coefficient (Wildman–Crippen LogP) is 13.6. The number of para-hydroxylation sites is 1. The van der Waals surface area contributed by atoms with Gasteiger partial charge in [-0.25, -0.2) is 0 Å². The molecule has 2 unspecified atom stereocenters. The van der Waals surface area contributed by atoms with E-state index in [0.717, 1.165) is 87.2 Å². The molecule has 0 bridgehead atoms. The first-order chi connectivity index (χ1) is 31.7. The molecule has 0 saturated carbocycles. The molecule has 2 aromatic heterocycles. The standard InChI is InChI=1S/C57H50N6O2/c1-40-15-14-22-47(39-40)63-54(42-18-10-6-11-19-42)60-61-55(63)57(4)37-35-51(36-38-57)65-50-33-27-45(28-34-50)56(2,3)44-25-31-49(32-26-44)64-48-29-23-43(24-30-48)53-59-58-52(41-16-8-5-9-17-41)62(53)46-20-12-7-13-21-46/h5-14,16-37,39-40H,15,38H2,1-4H3. The van der Waals surface area contributed by atoms with E-state index in [4.69, 9.17) is 19.7 Å². The smallest absolute Gasteiger partial charge is 0.168 e. The van der Waals surface area contributed by atoms with Crippen LogP contribution in [0.1, 0.15) is 57.5 Å². The van der Waals surface area contributed by atoms with Crippen molar-refractivity contribution < 1.29 is 9.47 Å². The van der Waals surface area contributed by atoms with Crippen molar-refractivity contribution in [1.29, 1.82) is 0 Å². The van der Waals surface area contributed by atoms with Crippen LogP contribution in [0, 0.1) is 5.92 Å². The van der Waals surface area contributed by atoms with Gasteiger partial charge in [0.1, 0.15) is 28.8 Å². The van der Waals surface area contributed by atoms with Crippen LogP contribution in [0.4, 0.5) is 0 Å². The van der Waals surface area contributed by atoms with Crippen molar-refractivity contribution in [3.63, 3.8) is 0 Å². The molecule has 2 atom stereocenters. The molecule has 8 aromatic rings. The molecule has 0 amide bonds. The second kappa shape index (κ2) is 17.4. The molecule has 2 aliphatic rings. The van der Waals surface area contributed by atoms with Gasteiger partial charge in [-0.2, -0.15) is 0 Å². The summed E-state index contributed by atoms with van der Waals surface area (Å²) in [5.41, 5.74) is 6.81. The minimum Gasteiger partial charge on any atom is -0.458 e. The van der Waals surface area contributed by atoms with Crippen LogP contribution >= 0.6 is 0 Å². The van der Waals surface area contributed by atoms with Crippen molar-refractivity contribution in [3.8, 4) is 57.1 Å². The van der Waals surface area contributed by atoms with Gasteiger partial charge in [0, 0.05) is 33.5 Å². The quantitative estimate of drug-likeness (QED) is 0.122. The van der Waals surface area contributed by atoms with Crippen LogP contribution < -0.4 is 9.47 Å². The minimum absolute atomic E-state index is 0.257. The maximum atomic E-state index is 6.43. The monoisotopic (exact) mass is 850 g/mol. The maximum absolute atomic E-state index is 6.43. The van der Waals surface area contributed by atoms with Crippen LogP contribution in [-0.4, -0.2) is 29.5 Å². The molecule has 0 aliphatic heterocycles. The number of allylic oxidation sites excluding steroid dienone is 7. The molecule has 65 heavy (non-hydrogen) atoms. The van der Waals surface area contributed by atoms with Crippen LogP contribution in [0.15, 0.2) is 206 Å². The first-order valence-corrected chi connectivity index (χ1v) is 22.2. The van der Waals surface area contributed by atoms with Gasteiger partial charge in [0.05, 0.1) is 5.41 Å². The van der Waals surface area contributed by atoms with Crippen molar-refractivity contribution in [2.75, 3.05) is 0 Å². The Morgan fingerprint density at radius 1 is 0.554 bits per heavy atom. The molecule has 0 fully saturated rings. The summed E-state index contributed by atoms with van der Waals surface area (Å²) in [5, 5.41) is 18.8. The summed E-state index contributed by atoms with van der Waals surface area (Å²) in [6, 6.07) is 55.4. The lowest BCUT2D eigenvalue weighted by Gasteiger charge is -2.29. The molecule has 10 rings (SSSR count). The molecule has 8 heteroatoms. The number of hydrogen-bond donors (Lipinski definition) is 0. The number of benzene rings is 6. The fourth-order valence-electron chi connectivity index (χ4n) is 8.65. The van der Waals surface area contributed by atoms with Gasteiger partial charge < -0.3 is 9.47 Å². The van der Waals surface area contributed by atoms with Crippen molar-refractivity contribution in [1.82, 2.24) is 29.5 Å². The largest absolute Gasteiger partial charge is 0.458 e. The van der Waals surface area contributed by atoms with Crippen molar-refractivity contribution in [3.05, 3.63) is 223 Å². The molecule has 0 saturated heterocycles. The molecule has 320 valence electrons. The summed E-state index contributed by atoms with van der Waals surface area (Å²) < 4.78 is 17.1. The third kappa shape index (κ3) is 8.39. The summed E-state index contributed by atoms with van der Waals surface area (Å²) in [7, 11) is 0. The number of ether oxygens (including phenoxy) is 2. The summed E-state index contributed by atoms with van der Waals surface area (Å²) in [6.07, 6.45) is 14.9. The molecule has 8 nitrogen and oxygen atoms in total. The molecule has 6 aromatic carbocycles. The second-order valence-corrected chi connectivity index (χ2v) is 17.6. The van der Waals surface area contributed by atoms with E-state index in [0.29, 0.717) is 5.92 Å². The molecule has 0 radical (unpaired) electrons. The molecule has 0 N–H and O–H groups in total. The van der Waals surface area contributed by atoms with E-state index < -0.39 is 0 Å². The topological polar surface area (TPSA) is 79.9 Å². The van der Waals surface area contributed by atoms with E-state index in [-0.39, 0.29) is 10.8 Å². The zero-order valence-electron chi connectivity index (χ0n) is 37.0. The van der Waals surface area contributed by atoms with Gasteiger partial charge in [-0.05, 0) is 116 Å². The summed E-state index contributed by atoms with van der Waals surface area (Å²) >= 11 is 0. The highest BCUT2D eigenvalue weighted by atomic mass is 16.5. The fraction of sp³-hybridized carbons (Fsp3) is 0.158. The Morgan fingerprint density at radius 3 is 1.58 bits per heavy atom. The lowest BCUT2D eigenvalue weighted by molar-refractivity contribution is 0.425. The van der Waals surface area contributed by atoms with Gasteiger partial charge in [0.2, 0.25) is 0 Å². The molecule has 0 spiro atoms. The first-order valence-electron chi connectivity index (χ1n) is 22.2. The Balaban J connectivity index is 0.798. The number of nitrogens with zero attached hydrogens (tertiary/aromatic N) is 6. The predicted molar refractivity (Wildman–Crippen MR) is 260 cm³/mol. The fourth-order valence-corrected chi connectivity index (χ4v) is 8.65. The van der Waals surface area contributed by atoms with Gasteiger partial charge >= 0.3 is 0 Å². The average Bonchev–Trinajstić information content (AvgIpc) is 4.01. The molecule has 2 heterocycles. The Hall–Kier alpha value is -7.84. The lowest BCUT2D eigenvalue weighted by atomic mass is 9.78. The molecular weight excluding hydrogens is 801 g/mol. The minimum atomic E-state index is -0.374. The normalized spacial score (nSPS) is 17.1. The number of aromatic nitrogens is 6. The molecule has 2 aliphatic carbocycles. The lowest BCUT2D eigenvalue weighted by Crippen LogP contribution is -2.26. The van der Waals surface area contributed by atoms with E-state index in [9.17, 15) is 0 Å². The summed E-state index contributed by atoms with van der Waals surface area (Å²) in [5.74, 6) is 6.85. The van der Waals surface area contributed by atoms with Crippen LogP contribution in [0.25, 0.3) is 45.5 Å². The third-order valence-corrected chi connectivity index (χ3v) is 12.5. The number of rotatable bonds is 12. The van der Waals surface area contributed by atoms with Gasteiger partial charge in [0.25, 0.3) is 0 Å². The van der Waals surface area contributed by atoms with E-state index in [2.05, 4.69) is 156 Å². The average molecular weight is 851 g/mol. The third-order valence-electron chi connectivity index (χ3n) is 12.5. The van der Waals surface area contributed by atoms with Crippen LogP contribution in [0.5, 0.6) is 17.2 Å². The highest BCUT2D eigenvalue weighted by molar-refractivity contribution is 5.69. The van der Waals surface area contributed by atoms with E-state index in [1.807, 2.05) is 91.0 Å². The summed E-state index contributed by atoms with van der Waals surface area (Å²) in [6.45, 7) is 8.95. The molecular formula is C57H50N6O2. The first kappa shape index (κ1) is 41.2. The SMILES string of the molecule is CC1C=C(n2c(-c3ccccc3)nnc2C2(C)C=CC(Oc3ccc(C(C)(C)c4ccc(Oc5ccc(-c6nnc(-c7ccccc7)n6-c6ccccc6)cc5)cc4)cc3)=CC2)C=CC1. The highest BCUT2D eigenvalue weighted by Crippen LogP contribution is 2.39. The summed E-state index contributed by atoms with van der Waals surface area (Å²) in [4.78, 5) is 0. The van der Waals surface area contributed by atoms with Gasteiger partial charge in [-0.1, -0.05) is 142 Å². The highest BCUT2D eigenvalue weighted by Gasteiger charge is 2.34. The van der Waals surface area contributed by atoms with Crippen LogP contribution in [0.2, 0.25) is 0 Å². The second-order valence-electron chi connectivity index (χ2n) is 17.6. The van der Waals surface area contributed by atoms with Crippen molar-refractivity contribution >= 4 is 5.70 Å². The van der Waals surface area contributed by atoms with Crippen LogP contribution in [-0.2, 0) is 10.8 Å². The Bertz CT molecular complexity index is 3050. The Kier molecular flexibility index (Phi) is 11.0.